The highest BCUT2D eigenvalue weighted by atomic mass is 79.9. The number of rotatable bonds is 1. The zero-order chi connectivity index (χ0) is 11.8. The van der Waals surface area contributed by atoms with Crippen molar-refractivity contribution in [2.24, 2.45) is 5.73 Å². The summed E-state index contributed by atoms with van der Waals surface area (Å²) in [5, 5.41) is 9.25. The Morgan fingerprint density at radius 3 is 2.25 bits per heavy atom. The van der Waals surface area contributed by atoms with Crippen LogP contribution in [0.25, 0.3) is 0 Å². The monoisotopic (exact) mass is 323 g/mol. The average Bonchev–Trinajstić information content (AvgIpc) is 2.12. The van der Waals surface area contributed by atoms with Gasteiger partial charge in [-0.15, -0.1) is 12.4 Å². The number of halogens is 6. The van der Waals surface area contributed by atoms with Crippen molar-refractivity contribution < 1.29 is 22.7 Å². The number of phenols is 1. The predicted molar refractivity (Wildman–Crippen MR) is 56.0 cm³/mol. The molecule has 0 saturated carbocycles. The first-order chi connectivity index (χ1) is 6.75. The Balaban J connectivity index is 0.00000225. The average molecular weight is 324 g/mol. The van der Waals surface area contributed by atoms with E-state index in [4.69, 9.17) is 5.73 Å². The summed E-state index contributed by atoms with van der Waals surface area (Å²) in [7, 11) is 0. The maximum Gasteiger partial charge on any atom is 0.407 e. The molecule has 0 fully saturated rings. The molecule has 0 saturated heterocycles. The Morgan fingerprint density at radius 1 is 1.31 bits per heavy atom. The quantitative estimate of drug-likeness (QED) is 0.779. The number of benzene rings is 1. The number of aromatic hydroxyl groups is 1. The van der Waals surface area contributed by atoms with E-state index in [0.29, 0.717) is 0 Å². The highest BCUT2D eigenvalue weighted by Gasteiger charge is 2.39. The molecule has 0 aliphatic rings. The molecule has 1 aromatic carbocycles. The van der Waals surface area contributed by atoms with Crippen molar-refractivity contribution in [3.05, 3.63) is 28.0 Å². The molecule has 0 aliphatic heterocycles. The number of alkyl halides is 3. The van der Waals surface area contributed by atoms with Crippen LogP contribution in [0.1, 0.15) is 11.6 Å². The summed E-state index contributed by atoms with van der Waals surface area (Å²) in [5.74, 6) is -1.69. The molecule has 92 valence electrons. The van der Waals surface area contributed by atoms with Crippen LogP contribution in [-0.2, 0) is 0 Å². The minimum Gasteiger partial charge on any atom is -0.506 e. The van der Waals surface area contributed by atoms with Gasteiger partial charge in [-0.3, -0.25) is 0 Å². The molecule has 2 nitrogen and oxygen atoms in total. The van der Waals surface area contributed by atoms with Crippen LogP contribution in [0.15, 0.2) is 16.6 Å². The molecule has 3 N–H and O–H groups in total. The minimum atomic E-state index is -4.69. The van der Waals surface area contributed by atoms with Crippen molar-refractivity contribution >= 4 is 28.3 Å². The van der Waals surface area contributed by atoms with E-state index < -0.39 is 33.8 Å². The molecule has 0 bridgehead atoms. The van der Waals surface area contributed by atoms with Gasteiger partial charge in [-0.2, -0.15) is 13.2 Å². The van der Waals surface area contributed by atoms with Crippen LogP contribution in [0.4, 0.5) is 17.6 Å². The van der Waals surface area contributed by atoms with E-state index in [-0.39, 0.29) is 12.4 Å². The van der Waals surface area contributed by atoms with E-state index in [1.165, 1.54) is 0 Å². The Bertz CT molecular complexity index is 385. The smallest absolute Gasteiger partial charge is 0.407 e. The second-order valence-corrected chi connectivity index (χ2v) is 3.61. The van der Waals surface area contributed by atoms with E-state index in [0.717, 1.165) is 12.1 Å². The Labute approximate surface area is 103 Å². The summed E-state index contributed by atoms with van der Waals surface area (Å²) in [4.78, 5) is 0. The third-order valence-electron chi connectivity index (χ3n) is 1.79. The number of hydrogen-bond acceptors (Lipinski definition) is 2. The lowest BCUT2D eigenvalue weighted by Crippen LogP contribution is -2.28. The molecule has 0 amide bonds. The highest BCUT2D eigenvalue weighted by molar-refractivity contribution is 9.10. The first-order valence-electron chi connectivity index (χ1n) is 3.74. The van der Waals surface area contributed by atoms with Gasteiger partial charge >= 0.3 is 6.18 Å². The normalized spacial score (nSPS) is 13.1. The molecule has 0 spiro atoms. The zero-order valence-electron chi connectivity index (χ0n) is 7.55. The second kappa shape index (κ2) is 5.20. The molecular formula is C8H7BrClF4NO. The van der Waals surface area contributed by atoms with Gasteiger partial charge in [-0.05, 0) is 22.0 Å². The molecule has 1 atom stereocenters. The molecule has 0 unspecified atom stereocenters. The Morgan fingerprint density at radius 2 is 1.81 bits per heavy atom. The fourth-order valence-corrected chi connectivity index (χ4v) is 1.34. The van der Waals surface area contributed by atoms with Crippen molar-refractivity contribution in [3.8, 4) is 5.75 Å². The first-order valence-corrected chi connectivity index (χ1v) is 4.53. The van der Waals surface area contributed by atoms with Gasteiger partial charge in [0, 0.05) is 5.56 Å². The van der Waals surface area contributed by atoms with Gasteiger partial charge < -0.3 is 10.8 Å². The van der Waals surface area contributed by atoms with Crippen LogP contribution >= 0.6 is 28.3 Å². The Kier molecular flexibility index (Phi) is 5.03. The number of phenolic OH excluding ortho intramolecular Hbond substituents is 1. The lowest BCUT2D eigenvalue weighted by Gasteiger charge is -2.17. The van der Waals surface area contributed by atoms with Gasteiger partial charge in [-0.1, -0.05) is 6.07 Å². The lowest BCUT2D eigenvalue weighted by molar-refractivity contribution is -0.149. The third-order valence-corrected chi connectivity index (χ3v) is 2.54. The van der Waals surface area contributed by atoms with E-state index in [9.17, 15) is 22.7 Å². The predicted octanol–water partition coefficient (Wildman–Crippen LogP) is 3.28. The van der Waals surface area contributed by atoms with Crippen molar-refractivity contribution in [1.29, 1.82) is 0 Å². The third kappa shape index (κ3) is 2.99. The van der Waals surface area contributed by atoms with Gasteiger partial charge in [0.25, 0.3) is 0 Å². The molecule has 16 heavy (non-hydrogen) atoms. The molecule has 1 aromatic rings. The van der Waals surface area contributed by atoms with Crippen LogP contribution in [0.5, 0.6) is 5.75 Å². The largest absolute Gasteiger partial charge is 0.506 e. The van der Waals surface area contributed by atoms with Gasteiger partial charge in [-0.25, -0.2) is 4.39 Å². The van der Waals surface area contributed by atoms with Crippen LogP contribution in [0.3, 0.4) is 0 Å². The van der Waals surface area contributed by atoms with Crippen LogP contribution in [-0.4, -0.2) is 11.3 Å². The summed E-state index contributed by atoms with van der Waals surface area (Å²) in [5.41, 5.74) is 4.29. The van der Waals surface area contributed by atoms with Crippen molar-refractivity contribution in [3.63, 3.8) is 0 Å². The van der Waals surface area contributed by atoms with Gasteiger partial charge in [0.05, 0.1) is 4.47 Å². The fraction of sp³-hybridized carbons (Fsp3) is 0.250. The number of nitrogens with two attached hydrogens (primary N) is 1. The van der Waals surface area contributed by atoms with Crippen molar-refractivity contribution in [2.45, 2.75) is 12.2 Å². The van der Waals surface area contributed by atoms with Crippen molar-refractivity contribution in [2.75, 3.05) is 0 Å². The van der Waals surface area contributed by atoms with E-state index in [1.807, 2.05) is 0 Å². The Hall–Kier alpha value is -0.530. The van der Waals surface area contributed by atoms with Crippen LogP contribution in [0.2, 0.25) is 0 Å². The first kappa shape index (κ1) is 15.5. The van der Waals surface area contributed by atoms with Gasteiger partial charge in [0.1, 0.15) is 17.6 Å². The van der Waals surface area contributed by atoms with Gasteiger partial charge in [0.15, 0.2) is 0 Å². The molecule has 0 heterocycles. The molecular weight excluding hydrogens is 317 g/mol. The maximum absolute atomic E-state index is 12.8. The van der Waals surface area contributed by atoms with Gasteiger partial charge in [0.2, 0.25) is 0 Å². The molecule has 8 heteroatoms. The minimum absolute atomic E-state index is 0. The lowest BCUT2D eigenvalue weighted by atomic mass is 10.1. The van der Waals surface area contributed by atoms with E-state index >= 15 is 0 Å². The van der Waals surface area contributed by atoms with E-state index in [1.54, 1.807) is 0 Å². The summed E-state index contributed by atoms with van der Waals surface area (Å²) in [6.45, 7) is 0. The molecule has 0 radical (unpaired) electrons. The van der Waals surface area contributed by atoms with Crippen molar-refractivity contribution in [1.82, 2.24) is 0 Å². The molecule has 0 aliphatic carbocycles. The maximum atomic E-state index is 12.8. The summed E-state index contributed by atoms with van der Waals surface area (Å²) in [6.07, 6.45) is -4.69. The standard InChI is InChI=1S/C8H6BrF4NO.ClH/c9-5-4(10)2-1-3(6(5)15)7(14)8(11,12)13;/h1-2,7,15H,14H2;1H/t7-;/m0./s1. The van der Waals surface area contributed by atoms with E-state index in [2.05, 4.69) is 15.9 Å². The van der Waals surface area contributed by atoms with Crippen LogP contribution < -0.4 is 5.73 Å². The fourth-order valence-electron chi connectivity index (χ4n) is 0.982. The highest BCUT2D eigenvalue weighted by Crippen LogP contribution is 2.39. The number of hydrogen-bond donors (Lipinski definition) is 2. The molecule has 0 aromatic heterocycles. The van der Waals surface area contributed by atoms with Crippen LogP contribution in [0, 0.1) is 5.82 Å². The summed E-state index contributed by atoms with van der Waals surface area (Å²) >= 11 is 2.62. The summed E-state index contributed by atoms with van der Waals surface area (Å²) in [6, 6.07) is -0.743. The SMILES string of the molecule is Cl.N[C@@H](c1ccc(F)c(Br)c1O)C(F)(F)F. The topological polar surface area (TPSA) is 46.2 Å². The molecule has 1 rings (SSSR count). The second-order valence-electron chi connectivity index (χ2n) is 2.82. The summed E-state index contributed by atoms with van der Waals surface area (Å²) < 4.78 is 49.0. The zero-order valence-corrected chi connectivity index (χ0v) is 9.96.